The summed E-state index contributed by atoms with van der Waals surface area (Å²) in [5.74, 6) is 3.28. The normalized spacial score (nSPS) is 16.1. The van der Waals surface area contributed by atoms with Crippen molar-refractivity contribution in [2.45, 2.75) is 26.2 Å². The molecule has 0 atom stereocenters. The van der Waals surface area contributed by atoms with Crippen molar-refractivity contribution in [2.24, 2.45) is 5.92 Å². The van der Waals surface area contributed by atoms with Crippen LogP contribution in [-0.4, -0.2) is 69.2 Å². The highest BCUT2D eigenvalue weighted by molar-refractivity contribution is 5.98. The molecule has 7 heteroatoms. The van der Waals surface area contributed by atoms with Crippen molar-refractivity contribution in [3.63, 3.8) is 0 Å². The molecule has 1 aliphatic carbocycles. The molecule has 1 aromatic heterocycles. The van der Waals surface area contributed by atoms with Crippen molar-refractivity contribution in [1.29, 1.82) is 0 Å². The molecule has 2 fully saturated rings. The van der Waals surface area contributed by atoms with Crippen LogP contribution < -0.4 is 19.9 Å². The highest BCUT2D eigenvalue weighted by Gasteiger charge is 2.25. The van der Waals surface area contributed by atoms with Crippen molar-refractivity contribution >= 4 is 23.2 Å². The van der Waals surface area contributed by atoms with E-state index in [2.05, 4.69) is 40.2 Å². The molecule has 1 saturated heterocycles. The van der Waals surface area contributed by atoms with Gasteiger partial charge in [-0.2, -0.15) is 0 Å². The number of piperazine rings is 1. The minimum absolute atomic E-state index is 0.0322. The van der Waals surface area contributed by atoms with Gasteiger partial charge < -0.3 is 24.8 Å². The average molecular weight is 438 g/mol. The molecule has 2 heterocycles. The third-order valence-corrected chi connectivity index (χ3v) is 6.04. The summed E-state index contributed by atoms with van der Waals surface area (Å²) in [6.07, 6.45) is 3.56. The molecule has 1 amide bonds. The number of aromatic nitrogens is 1. The van der Waals surface area contributed by atoms with E-state index in [0.717, 1.165) is 63.2 Å². The van der Waals surface area contributed by atoms with E-state index in [1.54, 1.807) is 19.0 Å². The number of ether oxygens (including phenoxy) is 1. The zero-order valence-electron chi connectivity index (χ0n) is 19.5. The third kappa shape index (κ3) is 5.26. The number of carbonyl (C=O) groups excluding carboxylic acids is 1. The van der Waals surface area contributed by atoms with E-state index >= 15 is 0 Å². The number of carbonyl (C=O) groups is 1. The molecule has 1 aliphatic heterocycles. The van der Waals surface area contributed by atoms with Gasteiger partial charge >= 0.3 is 0 Å². The van der Waals surface area contributed by atoms with E-state index in [1.165, 1.54) is 18.5 Å². The lowest BCUT2D eigenvalue weighted by molar-refractivity contribution is 0.0828. The standard InChI is InChI=1S/C25H35N5O2/c1-4-13-26-24-20(25(31)28(2)3)11-12-23(27-24)30-16-14-29(15-17-30)21-7-5-6-8-22(21)32-18-19-9-10-19/h5-8,11-12,19H,4,9-10,13-18H2,1-3H3,(H,26,27). The summed E-state index contributed by atoms with van der Waals surface area (Å²) in [5, 5.41) is 3.34. The number of nitrogens with zero attached hydrogens (tertiary/aromatic N) is 4. The zero-order valence-corrected chi connectivity index (χ0v) is 19.5. The molecule has 32 heavy (non-hydrogen) atoms. The SMILES string of the molecule is CCCNc1nc(N2CCN(c3ccccc3OCC3CC3)CC2)ccc1C(=O)N(C)C. The van der Waals surface area contributed by atoms with Crippen molar-refractivity contribution in [2.75, 3.05) is 68.5 Å². The Labute approximate surface area is 191 Å². The maximum atomic E-state index is 12.6. The zero-order chi connectivity index (χ0) is 22.5. The first kappa shape index (κ1) is 22.2. The topological polar surface area (TPSA) is 60.9 Å². The van der Waals surface area contributed by atoms with Crippen LogP contribution in [0.2, 0.25) is 0 Å². The van der Waals surface area contributed by atoms with Gasteiger partial charge in [-0.05, 0) is 49.4 Å². The van der Waals surface area contributed by atoms with Crippen LogP contribution >= 0.6 is 0 Å². The third-order valence-electron chi connectivity index (χ3n) is 6.04. The van der Waals surface area contributed by atoms with Gasteiger partial charge in [0.25, 0.3) is 5.91 Å². The van der Waals surface area contributed by atoms with Crippen LogP contribution in [0.4, 0.5) is 17.3 Å². The summed E-state index contributed by atoms with van der Waals surface area (Å²) in [6, 6.07) is 12.2. The number of amides is 1. The van der Waals surface area contributed by atoms with Crippen LogP contribution in [-0.2, 0) is 0 Å². The van der Waals surface area contributed by atoms with Gasteiger partial charge in [0.2, 0.25) is 0 Å². The van der Waals surface area contributed by atoms with Crippen LogP contribution in [0, 0.1) is 5.92 Å². The summed E-state index contributed by atoms with van der Waals surface area (Å²) in [7, 11) is 3.54. The highest BCUT2D eigenvalue weighted by atomic mass is 16.5. The van der Waals surface area contributed by atoms with Crippen LogP contribution in [0.15, 0.2) is 36.4 Å². The fourth-order valence-electron chi connectivity index (χ4n) is 3.93. The van der Waals surface area contributed by atoms with Crippen molar-refractivity contribution in [1.82, 2.24) is 9.88 Å². The monoisotopic (exact) mass is 437 g/mol. The van der Waals surface area contributed by atoms with Crippen molar-refractivity contribution in [3.8, 4) is 5.75 Å². The Balaban J connectivity index is 1.44. The molecule has 0 spiro atoms. The largest absolute Gasteiger partial charge is 0.491 e. The fraction of sp³-hybridized carbons (Fsp3) is 0.520. The first-order valence-corrected chi connectivity index (χ1v) is 11.7. The predicted octanol–water partition coefficient (Wildman–Crippen LogP) is 3.72. The maximum Gasteiger partial charge on any atom is 0.257 e. The lowest BCUT2D eigenvalue weighted by atomic mass is 10.2. The number of hydrogen-bond donors (Lipinski definition) is 1. The van der Waals surface area contributed by atoms with Gasteiger partial charge in [-0.15, -0.1) is 0 Å². The van der Waals surface area contributed by atoms with Crippen molar-refractivity contribution < 1.29 is 9.53 Å². The smallest absolute Gasteiger partial charge is 0.257 e. The van der Waals surface area contributed by atoms with Gasteiger partial charge in [0.05, 0.1) is 17.9 Å². The van der Waals surface area contributed by atoms with Gasteiger partial charge in [-0.3, -0.25) is 4.79 Å². The van der Waals surface area contributed by atoms with Crippen LogP contribution in [0.3, 0.4) is 0 Å². The summed E-state index contributed by atoms with van der Waals surface area (Å²) in [6.45, 7) is 7.28. The van der Waals surface area contributed by atoms with Crippen LogP contribution in [0.25, 0.3) is 0 Å². The molecule has 7 nitrogen and oxygen atoms in total. The number of anilines is 3. The van der Waals surface area contributed by atoms with Gasteiger partial charge in [0, 0.05) is 46.8 Å². The van der Waals surface area contributed by atoms with Gasteiger partial charge in [-0.25, -0.2) is 4.98 Å². The minimum atomic E-state index is -0.0322. The molecule has 172 valence electrons. The van der Waals surface area contributed by atoms with E-state index in [0.29, 0.717) is 11.4 Å². The Bertz CT molecular complexity index is 920. The minimum Gasteiger partial charge on any atom is -0.491 e. The summed E-state index contributed by atoms with van der Waals surface area (Å²) < 4.78 is 6.12. The predicted molar refractivity (Wildman–Crippen MR) is 130 cm³/mol. The molecule has 2 aromatic rings. The average Bonchev–Trinajstić information content (AvgIpc) is 3.65. The van der Waals surface area contributed by atoms with Crippen LogP contribution in [0.5, 0.6) is 5.75 Å². The molecule has 0 bridgehead atoms. The molecule has 2 aliphatic rings. The van der Waals surface area contributed by atoms with Gasteiger partial charge in [-0.1, -0.05) is 19.1 Å². The number of nitrogens with one attached hydrogen (secondary N) is 1. The lowest BCUT2D eigenvalue weighted by Crippen LogP contribution is -2.47. The second-order valence-electron chi connectivity index (χ2n) is 8.89. The Morgan fingerprint density at radius 2 is 1.81 bits per heavy atom. The van der Waals surface area contributed by atoms with Crippen LogP contribution in [0.1, 0.15) is 36.5 Å². The molecular weight excluding hydrogens is 402 g/mol. The molecule has 1 N–H and O–H groups in total. The van der Waals surface area contributed by atoms with E-state index < -0.39 is 0 Å². The molecule has 4 rings (SSSR count). The molecule has 1 saturated carbocycles. The second kappa shape index (κ2) is 10.1. The van der Waals surface area contributed by atoms with Gasteiger partial charge in [0.1, 0.15) is 17.4 Å². The maximum absolute atomic E-state index is 12.6. The van der Waals surface area contributed by atoms with E-state index in [1.807, 2.05) is 18.2 Å². The fourth-order valence-corrected chi connectivity index (χ4v) is 3.93. The highest BCUT2D eigenvalue weighted by Crippen LogP contribution is 2.34. The Morgan fingerprint density at radius 1 is 1.09 bits per heavy atom. The molecule has 1 aromatic carbocycles. The van der Waals surface area contributed by atoms with E-state index in [9.17, 15) is 4.79 Å². The number of benzene rings is 1. The van der Waals surface area contributed by atoms with E-state index in [-0.39, 0.29) is 5.91 Å². The number of pyridine rings is 1. The lowest BCUT2D eigenvalue weighted by Gasteiger charge is -2.37. The number of hydrogen-bond acceptors (Lipinski definition) is 6. The summed E-state index contributed by atoms with van der Waals surface area (Å²) in [5.41, 5.74) is 1.80. The van der Waals surface area contributed by atoms with Crippen molar-refractivity contribution in [3.05, 3.63) is 42.0 Å². The van der Waals surface area contributed by atoms with E-state index in [4.69, 9.17) is 9.72 Å². The molecule has 0 unspecified atom stereocenters. The number of para-hydroxylation sites is 2. The summed E-state index contributed by atoms with van der Waals surface area (Å²) in [4.78, 5) is 23.7. The van der Waals surface area contributed by atoms with Gasteiger partial charge in [0.15, 0.2) is 0 Å². The molecular formula is C25H35N5O2. The summed E-state index contributed by atoms with van der Waals surface area (Å²) >= 11 is 0. The first-order chi connectivity index (χ1) is 15.6. The Morgan fingerprint density at radius 3 is 2.50 bits per heavy atom. The Hall–Kier alpha value is -2.96. The first-order valence-electron chi connectivity index (χ1n) is 11.7. The second-order valence-corrected chi connectivity index (χ2v) is 8.89. The Kier molecular flexibility index (Phi) is 7.02. The number of rotatable bonds is 9. The molecule has 0 radical (unpaired) electrons. The quantitative estimate of drug-likeness (QED) is 0.645.